The Balaban J connectivity index is 1.67. The number of aromatic nitrogens is 1. The molecule has 1 aliphatic carbocycles. The molecular formula is C14H17BrN2. The second kappa shape index (κ2) is 4.83. The van der Waals surface area contributed by atoms with E-state index in [0.717, 1.165) is 19.0 Å². The highest BCUT2D eigenvalue weighted by atomic mass is 79.9. The smallest absolute Gasteiger partial charge is 0.0492 e. The summed E-state index contributed by atoms with van der Waals surface area (Å²) in [5.74, 6) is 0.961. The Morgan fingerprint density at radius 2 is 2.12 bits per heavy atom. The monoisotopic (exact) mass is 292 g/mol. The van der Waals surface area contributed by atoms with Crippen LogP contribution in [0, 0.1) is 5.92 Å². The largest absolute Gasteiger partial charge is 0.345 e. The topological polar surface area (TPSA) is 17.0 Å². The van der Waals surface area contributed by atoms with Crippen molar-refractivity contribution in [2.45, 2.75) is 19.4 Å². The van der Waals surface area contributed by atoms with Gasteiger partial charge in [0.05, 0.1) is 0 Å². The number of hydrogen-bond acceptors (Lipinski definition) is 1. The quantitative estimate of drug-likeness (QED) is 0.836. The van der Waals surface area contributed by atoms with Gasteiger partial charge in [-0.2, -0.15) is 0 Å². The van der Waals surface area contributed by atoms with E-state index in [1.54, 1.807) is 0 Å². The van der Waals surface area contributed by atoms with Crippen LogP contribution in [0.25, 0.3) is 10.9 Å². The Kier molecular flexibility index (Phi) is 3.21. The molecule has 2 nitrogen and oxygen atoms in total. The lowest BCUT2D eigenvalue weighted by atomic mass is 10.2. The van der Waals surface area contributed by atoms with Crippen LogP contribution in [-0.2, 0) is 6.54 Å². The first-order valence-electron chi connectivity index (χ1n) is 6.28. The molecule has 0 bridgehead atoms. The third kappa shape index (κ3) is 2.55. The Morgan fingerprint density at radius 3 is 2.94 bits per heavy atom. The van der Waals surface area contributed by atoms with Gasteiger partial charge in [-0.05, 0) is 47.3 Å². The highest BCUT2D eigenvalue weighted by molar-refractivity contribution is 9.10. The molecule has 3 heteroatoms. The van der Waals surface area contributed by atoms with E-state index in [4.69, 9.17) is 0 Å². The van der Waals surface area contributed by atoms with Gasteiger partial charge >= 0.3 is 0 Å². The van der Waals surface area contributed by atoms with Gasteiger partial charge in [-0.25, -0.2) is 0 Å². The van der Waals surface area contributed by atoms with Crippen molar-refractivity contribution in [3.8, 4) is 0 Å². The molecule has 2 aromatic rings. The number of fused-ring (bicyclic) bond motifs is 1. The van der Waals surface area contributed by atoms with Crippen molar-refractivity contribution in [3.63, 3.8) is 0 Å². The first kappa shape index (κ1) is 11.3. The van der Waals surface area contributed by atoms with Gasteiger partial charge < -0.3 is 9.88 Å². The van der Waals surface area contributed by atoms with Crippen LogP contribution in [0.4, 0.5) is 0 Å². The van der Waals surface area contributed by atoms with Crippen LogP contribution in [0.5, 0.6) is 0 Å². The predicted octanol–water partition coefficient (Wildman–Crippen LogP) is 3.40. The molecule has 0 radical (unpaired) electrons. The fourth-order valence-electron chi connectivity index (χ4n) is 2.21. The molecule has 90 valence electrons. The number of nitrogens with one attached hydrogen (secondary N) is 1. The zero-order valence-electron chi connectivity index (χ0n) is 9.82. The van der Waals surface area contributed by atoms with Crippen LogP contribution in [0.15, 0.2) is 34.9 Å². The third-order valence-electron chi connectivity index (χ3n) is 3.40. The number of rotatable bonds is 5. The van der Waals surface area contributed by atoms with Gasteiger partial charge in [0.25, 0.3) is 0 Å². The van der Waals surface area contributed by atoms with Gasteiger partial charge in [0, 0.05) is 34.7 Å². The maximum atomic E-state index is 3.62. The van der Waals surface area contributed by atoms with E-state index >= 15 is 0 Å². The van der Waals surface area contributed by atoms with Crippen molar-refractivity contribution in [3.05, 3.63) is 34.9 Å². The Labute approximate surface area is 110 Å². The van der Waals surface area contributed by atoms with Crippen LogP contribution in [0.1, 0.15) is 12.8 Å². The fraction of sp³-hybridized carbons (Fsp3) is 0.429. The summed E-state index contributed by atoms with van der Waals surface area (Å²) in [5, 5.41) is 4.83. The maximum absolute atomic E-state index is 3.62. The van der Waals surface area contributed by atoms with Gasteiger partial charge in [-0.1, -0.05) is 18.2 Å². The van der Waals surface area contributed by atoms with Crippen LogP contribution in [-0.4, -0.2) is 17.7 Å². The molecule has 1 saturated carbocycles. The molecule has 0 saturated heterocycles. The van der Waals surface area contributed by atoms with E-state index in [-0.39, 0.29) is 0 Å². The number of hydrogen-bond donors (Lipinski definition) is 1. The highest BCUT2D eigenvalue weighted by Crippen LogP contribution is 2.27. The molecule has 1 N–H and O–H groups in total. The van der Waals surface area contributed by atoms with E-state index in [9.17, 15) is 0 Å². The predicted molar refractivity (Wildman–Crippen MR) is 75.2 cm³/mol. The molecule has 0 amide bonds. The lowest BCUT2D eigenvalue weighted by Crippen LogP contribution is -2.21. The Morgan fingerprint density at radius 1 is 1.29 bits per heavy atom. The van der Waals surface area contributed by atoms with Crippen LogP contribution < -0.4 is 5.32 Å². The van der Waals surface area contributed by atoms with E-state index in [0.29, 0.717) is 0 Å². The molecule has 3 rings (SSSR count). The first-order valence-corrected chi connectivity index (χ1v) is 7.08. The standard InChI is InChI=1S/C14H17BrN2/c15-13-10-17(8-7-16-9-11-5-6-11)14-4-2-1-3-12(13)14/h1-4,10-11,16H,5-9H2. The molecule has 0 unspecified atom stereocenters. The second-order valence-electron chi connectivity index (χ2n) is 4.84. The van der Waals surface area contributed by atoms with E-state index in [1.165, 1.54) is 34.8 Å². The molecule has 0 atom stereocenters. The molecular weight excluding hydrogens is 276 g/mol. The summed E-state index contributed by atoms with van der Waals surface area (Å²) in [5.41, 5.74) is 1.31. The molecule has 1 aliphatic rings. The molecule has 0 spiro atoms. The molecule has 1 fully saturated rings. The van der Waals surface area contributed by atoms with Crippen molar-refractivity contribution in [2.24, 2.45) is 5.92 Å². The van der Waals surface area contributed by atoms with Gasteiger partial charge in [-0.3, -0.25) is 0 Å². The molecule has 17 heavy (non-hydrogen) atoms. The summed E-state index contributed by atoms with van der Waals surface area (Å²) in [6.45, 7) is 3.29. The van der Waals surface area contributed by atoms with Gasteiger partial charge in [0.2, 0.25) is 0 Å². The number of benzene rings is 1. The van der Waals surface area contributed by atoms with Gasteiger partial charge in [-0.15, -0.1) is 0 Å². The van der Waals surface area contributed by atoms with Crippen molar-refractivity contribution in [1.29, 1.82) is 0 Å². The maximum Gasteiger partial charge on any atom is 0.0492 e. The lowest BCUT2D eigenvalue weighted by Gasteiger charge is -2.06. The normalized spacial score (nSPS) is 15.6. The average molecular weight is 293 g/mol. The zero-order valence-corrected chi connectivity index (χ0v) is 11.4. The van der Waals surface area contributed by atoms with Crippen molar-refractivity contribution in [1.82, 2.24) is 9.88 Å². The minimum absolute atomic E-state index is 0.961. The SMILES string of the molecule is Brc1cn(CCNCC2CC2)c2ccccc12. The number of nitrogens with zero attached hydrogens (tertiary/aromatic N) is 1. The van der Waals surface area contributed by atoms with Crippen LogP contribution in [0.3, 0.4) is 0 Å². The molecule has 1 aromatic carbocycles. The Hall–Kier alpha value is -0.800. The molecule has 0 aliphatic heterocycles. The van der Waals surface area contributed by atoms with E-state index in [2.05, 4.69) is 56.3 Å². The van der Waals surface area contributed by atoms with Crippen molar-refractivity contribution in [2.75, 3.05) is 13.1 Å². The van der Waals surface area contributed by atoms with Crippen LogP contribution >= 0.6 is 15.9 Å². The summed E-state index contributed by atoms with van der Waals surface area (Å²) in [4.78, 5) is 0. The number of para-hydroxylation sites is 1. The second-order valence-corrected chi connectivity index (χ2v) is 5.69. The fourth-order valence-corrected chi connectivity index (χ4v) is 2.80. The molecule has 1 aromatic heterocycles. The van der Waals surface area contributed by atoms with Gasteiger partial charge in [0.1, 0.15) is 0 Å². The number of halogens is 1. The Bertz CT molecular complexity index is 514. The zero-order chi connectivity index (χ0) is 11.7. The van der Waals surface area contributed by atoms with Crippen molar-refractivity contribution < 1.29 is 0 Å². The summed E-state index contributed by atoms with van der Waals surface area (Å²) in [6, 6.07) is 8.53. The third-order valence-corrected chi connectivity index (χ3v) is 4.03. The minimum Gasteiger partial charge on any atom is -0.345 e. The summed E-state index contributed by atoms with van der Waals surface area (Å²) in [6.07, 6.45) is 5.03. The first-order chi connectivity index (χ1) is 8.34. The van der Waals surface area contributed by atoms with Gasteiger partial charge in [0.15, 0.2) is 0 Å². The van der Waals surface area contributed by atoms with Crippen molar-refractivity contribution >= 4 is 26.8 Å². The lowest BCUT2D eigenvalue weighted by molar-refractivity contribution is 0.584. The highest BCUT2D eigenvalue weighted by Gasteiger charge is 2.19. The summed E-state index contributed by atoms with van der Waals surface area (Å²) >= 11 is 3.62. The minimum atomic E-state index is 0.961. The average Bonchev–Trinajstić information content (AvgIpc) is 3.12. The van der Waals surface area contributed by atoms with E-state index < -0.39 is 0 Å². The summed E-state index contributed by atoms with van der Waals surface area (Å²) in [7, 11) is 0. The summed E-state index contributed by atoms with van der Waals surface area (Å²) < 4.78 is 3.51. The molecule has 1 heterocycles. The van der Waals surface area contributed by atoms with Crippen LogP contribution in [0.2, 0.25) is 0 Å². The van der Waals surface area contributed by atoms with E-state index in [1.807, 2.05) is 0 Å².